The van der Waals surface area contributed by atoms with Crippen molar-refractivity contribution < 1.29 is 12.8 Å². The molecule has 1 atom stereocenters. The smallest absolute Gasteiger partial charge is 0.241 e. The number of nitrogens with zero attached hydrogens (tertiary/aromatic N) is 1. The molecule has 1 aromatic heterocycles. The number of aromatic nitrogens is 1. The van der Waals surface area contributed by atoms with Crippen molar-refractivity contribution in [2.45, 2.75) is 24.8 Å². The van der Waals surface area contributed by atoms with Crippen LogP contribution in [-0.4, -0.2) is 13.4 Å². The maximum absolute atomic E-state index is 12.2. The molecule has 0 fully saturated rings. The number of anilines is 1. The van der Waals surface area contributed by atoms with Crippen LogP contribution in [0.3, 0.4) is 0 Å². The summed E-state index contributed by atoms with van der Waals surface area (Å²) < 4.78 is 32.2. The SMILES string of the molecule is Cc1cnc(C(C)NS(=O)(=O)c2ccc(N)c(Cl)c2)o1. The van der Waals surface area contributed by atoms with Crippen LogP contribution in [-0.2, 0) is 10.0 Å². The monoisotopic (exact) mass is 315 g/mol. The van der Waals surface area contributed by atoms with Crippen molar-refractivity contribution >= 4 is 27.3 Å². The molecule has 0 aliphatic carbocycles. The third-order valence-electron chi connectivity index (χ3n) is 2.62. The summed E-state index contributed by atoms with van der Waals surface area (Å²) in [6, 6.07) is 3.53. The fourth-order valence-electron chi connectivity index (χ4n) is 1.60. The number of nitrogen functional groups attached to an aromatic ring is 1. The fraction of sp³-hybridized carbons (Fsp3) is 0.250. The van der Waals surface area contributed by atoms with Gasteiger partial charge < -0.3 is 10.2 Å². The molecule has 0 bridgehead atoms. The molecule has 6 nitrogen and oxygen atoms in total. The van der Waals surface area contributed by atoms with E-state index in [2.05, 4.69) is 9.71 Å². The molecular formula is C12H14ClN3O3S. The third kappa shape index (κ3) is 3.12. The van der Waals surface area contributed by atoms with Gasteiger partial charge in [0, 0.05) is 0 Å². The number of halogens is 1. The standard InChI is InChI=1S/C12H14ClN3O3S/c1-7-6-15-12(19-7)8(2)16-20(17,18)9-3-4-11(14)10(13)5-9/h3-6,8,16H,14H2,1-2H3. The molecule has 0 saturated heterocycles. The van der Waals surface area contributed by atoms with E-state index in [9.17, 15) is 8.42 Å². The highest BCUT2D eigenvalue weighted by Gasteiger charge is 2.21. The predicted molar refractivity (Wildman–Crippen MR) is 75.8 cm³/mol. The lowest BCUT2D eigenvalue weighted by atomic mass is 10.3. The molecule has 3 N–H and O–H groups in total. The van der Waals surface area contributed by atoms with E-state index >= 15 is 0 Å². The van der Waals surface area contributed by atoms with Crippen LogP contribution in [0, 0.1) is 6.92 Å². The summed E-state index contributed by atoms with van der Waals surface area (Å²) in [5, 5.41) is 0.187. The van der Waals surface area contributed by atoms with Crippen molar-refractivity contribution in [2.75, 3.05) is 5.73 Å². The lowest BCUT2D eigenvalue weighted by Crippen LogP contribution is -2.27. The van der Waals surface area contributed by atoms with Gasteiger partial charge in [-0.2, -0.15) is 4.72 Å². The van der Waals surface area contributed by atoms with Gasteiger partial charge in [-0.05, 0) is 32.0 Å². The summed E-state index contributed by atoms with van der Waals surface area (Å²) in [4.78, 5) is 4.02. The summed E-state index contributed by atoms with van der Waals surface area (Å²) in [5.74, 6) is 0.911. The number of oxazole rings is 1. The van der Waals surface area contributed by atoms with Crippen molar-refractivity contribution in [1.82, 2.24) is 9.71 Å². The normalized spacial score (nSPS) is 13.3. The second-order valence-corrected chi connectivity index (χ2v) is 6.46. The Morgan fingerprint density at radius 2 is 2.15 bits per heavy atom. The first-order valence-corrected chi connectivity index (χ1v) is 7.65. The number of aryl methyl sites for hydroxylation is 1. The molecule has 1 heterocycles. The Labute approximate surface area is 122 Å². The second-order valence-electron chi connectivity index (χ2n) is 4.34. The minimum absolute atomic E-state index is 0.0341. The van der Waals surface area contributed by atoms with Gasteiger partial charge in [0.2, 0.25) is 15.9 Å². The quantitative estimate of drug-likeness (QED) is 0.843. The fourth-order valence-corrected chi connectivity index (χ4v) is 3.07. The summed E-state index contributed by atoms with van der Waals surface area (Å²) in [6.07, 6.45) is 1.53. The van der Waals surface area contributed by atoms with Gasteiger partial charge in [-0.1, -0.05) is 11.6 Å². The van der Waals surface area contributed by atoms with Gasteiger partial charge in [0.15, 0.2) is 0 Å². The van der Waals surface area contributed by atoms with Gasteiger partial charge in [0.25, 0.3) is 0 Å². The van der Waals surface area contributed by atoms with Crippen LogP contribution in [0.2, 0.25) is 5.02 Å². The number of sulfonamides is 1. The van der Waals surface area contributed by atoms with Crippen LogP contribution < -0.4 is 10.5 Å². The Morgan fingerprint density at radius 3 is 2.70 bits per heavy atom. The molecule has 8 heteroatoms. The Hall–Kier alpha value is -1.57. The molecule has 0 aliphatic rings. The molecule has 2 aromatic rings. The largest absolute Gasteiger partial charge is 0.444 e. The molecule has 0 saturated carbocycles. The number of nitrogens with two attached hydrogens (primary N) is 1. The average Bonchev–Trinajstić information content (AvgIpc) is 2.79. The van der Waals surface area contributed by atoms with E-state index in [-0.39, 0.29) is 9.92 Å². The minimum Gasteiger partial charge on any atom is -0.444 e. The van der Waals surface area contributed by atoms with Crippen LogP contribution in [0.1, 0.15) is 24.6 Å². The van der Waals surface area contributed by atoms with Crippen LogP contribution in [0.4, 0.5) is 5.69 Å². The van der Waals surface area contributed by atoms with Gasteiger partial charge in [-0.3, -0.25) is 0 Å². The zero-order chi connectivity index (χ0) is 14.9. The zero-order valence-electron chi connectivity index (χ0n) is 10.9. The molecule has 1 unspecified atom stereocenters. The van der Waals surface area contributed by atoms with E-state index in [0.29, 0.717) is 17.3 Å². The molecule has 0 spiro atoms. The molecule has 0 radical (unpaired) electrons. The number of rotatable bonds is 4. The predicted octanol–water partition coefficient (Wildman–Crippen LogP) is 2.26. The summed E-state index contributed by atoms with van der Waals surface area (Å²) in [6.45, 7) is 3.37. The summed E-state index contributed by atoms with van der Waals surface area (Å²) >= 11 is 5.83. The molecule has 0 aliphatic heterocycles. The Morgan fingerprint density at radius 1 is 1.45 bits per heavy atom. The number of hydrogen-bond donors (Lipinski definition) is 2. The molecule has 1 aromatic carbocycles. The van der Waals surface area contributed by atoms with E-state index in [1.54, 1.807) is 13.8 Å². The lowest BCUT2D eigenvalue weighted by molar-refractivity contribution is 0.428. The van der Waals surface area contributed by atoms with E-state index < -0.39 is 16.1 Å². The van der Waals surface area contributed by atoms with E-state index in [0.717, 1.165) is 0 Å². The molecule has 108 valence electrons. The highest BCUT2D eigenvalue weighted by Crippen LogP contribution is 2.23. The first kappa shape index (κ1) is 14.8. The average molecular weight is 316 g/mol. The molecular weight excluding hydrogens is 302 g/mol. The number of nitrogens with one attached hydrogen (secondary N) is 1. The molecule has 0 amide bonds. The van der Waals surface area contributed by atoms with E-state index in [4.69, 9.17) is 21.8 Å². The van der Waals surface area contributed by atoms with Gasteiger partial charge >= 0.3 is 0 Å². The minimum atomic E-state index is -3.73. The lowest BCUT2D eigenvalue weighted by Gasteiger charge is -2.11. The first-order chi connectivity index (χ1) is 9.29. The topological polar surface area (TPSA) is 98.2 Å². The highest BCUT2D eigenvalue weighted by molar-refractivity contribution is 7.89. The van der Waals surface area contributed by atoms with Gasteiger partial charge in [-0.15, -0.1) is 0 Å². The maximum atomic E-state index is 12.2. The van der Waals surface area contributed by atoms with Crippen LogP contribution in [0.5, 0.6) is 0 Å². The van der Waals surface area contributed by atoms with Crippen molar-refractivity contribution in [1.29, 1.82) is 0 Å². The summed E-state index contributed by atoms with van der Waals surface area (Å²) in [5.41, 5.74) is 5.88. The van der Waals surface area contributed by atoms with Crippen molar-refractivity contribution in [3.8, 4) is 0 Å². The number of hydrogen-bond acceptors (Lipinski definition) is 5. The van der Waals surface area contributed by atoms with Crippen molar-refractivity contribution in [3.63, 3.8) is 0 Å². The van der Waals surface area contributed by atoms with Crippen LogP contribution in [0.25, 0.3) is 0 Å². The Balaban J connectivity index is 2.24. The van der Waals surface area contributed by atoms with E-state index in [1.807, 2.05) is 0 Å². The van der Waals surface area contributed by atoms with Crippen LogP contribution >= 0.6 is 11.6 Å². The number of benzene rings is 1. The third-order valence-corrected chi connectivity index (χ3v) is 4.49. The van der Waals surface area contributed by atoms with Gasteiger partial charge in [0.1, 0.15) is 5.76 Å². The molecule has 20 heavy (non-hydrogen) atoms. The van der Waals surface area contributed by atoms with Crippen LogP contribution in [0.15, 0.2) is 33.7 Å². The molecule has 2 rings (SSSR count). The second kappa shape index (κ2) is 5.43. The summed E-state index contributed by atoms with van der Waals surface area (Å²) in [7, 11) is -3.73. The van der Waals surface area contributed by atoms with E-state index in [1.165, 1.54) is 24.4 Å². The Bertz CT molecular complexity index is 727. The van der Waals surface area contributed by atoms with Crippen molar-refractivity contribution in [2.24, 2.45) is 0 Å². The van der Waals surface area contributed by atoms with Crippen molar-refractivity contribution in [3.05, 3.63) is 41.1 Å². The first-order valence-electron chi connectivity index (χ1n) is 5.79. The maximum Gasteiger partial charge on any atom is 0.241 e. The Kier molecular flexibility index (Phi) is 4.03. The zero-order valence-corrected chi connectivity index (χ0v) is 12.5. The van der Waals surface area contributed by atoms with Gasteiger partial charge in [-0.25, -0.2) is 13.4 Å². The highest BCUT2D eigenvalue weighted by atomic mass is 35.5. The van der Waals surface area contributed by atoms with Gasteiger partial charge in [0.05, 0.1) is 27.8 Å².